The highest BCUT2D eigenvalue weighted by Gasteiger charge is 2.14. The molecule has 0 spiro atoms. The Kier molecular flexibility index (Phi) is 9.74. The highest BCUT2D eigenvalue weighted by molar-refractivity contribution is 14.0. The summed E-state index contributed by atoms with van der Waals surface area (Å²) in [5.41, 5.74) is 4.60. The average molecular weight is 510 g/mol. The van der Waals surface area contributed by atoms with Crippen molar-refractivity contribution in [2.45, 2.75) is 39.8 Å². The minimum atomic E-state index is 0. The lowest BCUT2D eigenvalue weighted by Crippen LogP contribution is -2.36. The standard InChI is InChI=1S/C18H25Cl2N5.HI/c1-5-16-14(17(6-2)25(4)24-16)11-23-18(21-3)22-10-12-7-8-13(19)9-15(12)20;/h7-9H,5-6,10-11H2,1-4H3,(H2,21,22,23);1H. The van der Waals surface area contributed by atoms with Crippen LogP contribution >= 0.6 is 47.2 Å². The summed E-state index contributed by atoms with van der Waals surface area (Å²) in [6, 6.07) is 5.49. The molecule has 26 heavy (non-hydrogen) atoms. The Balaban J connectivity index is 0.00000338. The second kappa shape index (κ2) is 11.0. The maximum atomic E-state index is 6.22. The molecule has 5 nitrogen and oxygen atoms in total. The third-order valence-electron chi connectivity index (χ3n) is 4.15. The second-order valence-electron chi connectivity index (χ2n) is 5.72. The van der Waals surface area contributed by atoms with Crippen LogP contribution in [0, 0.1) is 0 Å². The van der Waals surface area contributed by atoms with Gasteiger partial charge >= 0.3 is 0 Å². The van der Waals surface area contributed by atoms with Crippen LogP contribution in [0.25, 0.3) is 0 Å². The van der Waals surface area contributed by atoms with E-state index in [1.54, 1.807) is 13.1 Å². The molecule has 2 aromatic rings. The van der Waals surface area contributed by atoms with Crippen LogP contribution in [0.2, 0.25) is 10.0 Å². The van der Waals surface area contributed by atoms with Gasteiger partial charge in [-0.15, -0.1) is 24.0 Å². The molecule has 0 aliphatic carbocycles. The van der Waals surface area contributed by atoms with E-state index in [1.165, 1.54) is 11.3 Å². The first-order chi connectivity index (χ1) is 12.0. The number of aryl methyl sites for hydroxylation is 2. The Morgan fingerprint density at radius 1 is 1.15 bits per heavy atom. The number of hydrogen-bond donors (Lipinski definition) is 2. The van der Waals surface area contributed by atoms with Crippen LogP contribution in [0.15, 0.2) is 23.2 Å². The molecule has 0 bridgehead atoms. The van der Waals surface area contributed by atoms with E-state index in [0.29, 0.717) is 23.1 Å². The first-order valence-electron chi connectivity index (χ1n) is 8.42. The van der Waals surface area contributed by atoms with E-state index in [4.69, 9.17) is 23.2 Å². The Morgan fingerprint density at radius 3 is 2.42 bits per heavy atom. The number of guanidine groups is 1. The molecule has 0 amide bonds. The summed E-state index contributed by atoms with van der Waals surface area (Å²) in [4.78, 5) is 4.28. The Morgan fingerprint density at radius 2 is 1.85 bits per heavy atom. The predicted molar refractivity (Wildman–Crippen MR) is 121 cm³/mol. The van der Waals surface area contributed by atoms with Crippen LogP contribution in [-0.4, -0.2) is 22.8 Å². The quantitative estimate of drug-likeness (QED) is 0.346. The van der Waals surface area contributed by atoms with Gasteiger partial charge in [-0.2, -0.15) is 5.10 Å². The molecule has 2 rings (SSSR count). The van der Waals surface area contributed by atoms with Gasteiger partial charge in [0.2, 0.25) is 0 Å². The molecule has 8 heteroatoms. The predicted octanol–water partition coefficient (Wildman–Crippen LogP) is 4.33. The minimum Gasteiger partial charge on any atom is -0.352 e. The molecule has 2 N–H and O–H groups in total. The van der Waals surface area contributed by atoms with Crippen molar-refractivity contribution in [1.82, 2.24) is 20.4 Å². The smallest absolute Gasteiger partial charge is 0.191 e. The minimum absolute atomic E-state index is 0. The molecule has 1 aromatic carbocycles. The summed E-state index contributed by atoms with van der Waals surface area (Å²) in [5.74, 6) is 0.721. The molecule has 0 saturated carbocycles. The summed E-state index contributed by atoms with van der Waals surface area (Å²) in [6.07, 6.45) is 1.87. The average Bonchev–Trinajstić information content (AvgIpc) is 2.91. The van der Waals surface area contributed by atoms with E-state index < -0.39 is 0 Å². The van der Waals surface area contributed by atoms with Crippen molar-refractivity contribution in [3.8, 4) is 0 Å². The van der Waals surface area contributed by atoms with Crippen LogP contribution in [0.4, 0.5) is 0 Å². The molecule has 0 fully saturated rings. The van der Waals surface area contributed by atoms with E-state index in [9.17, 15) is 0 Å². The van der Waals surface area contributed by atoms with Gasteiger partial charge in [0.1, 0.15) is 0 Å². The summed E-state index contributed by atoms with van der Waals surface area (Å²) in [5, 5.41) is 12.5. The first kappa shape index (κ1) is 23.0. The van der Waals surface area contributed by atoms with Crippen molar-refractivity contribution in [3.63, 3.8) is 0 Å². The molecule has 0 radical (unpaired) electrons. The van der Waals surface area contributed by atoms with Crippen molar-refractivity contribution in [3.05, 3.63) is 50.8 Å². The van der Waals surface area contributed by atoms with E-state index in [2.05, 4.69) is 34.6 Å². The van der Waals surface area contributed by atoms with Crippen LogP contribution in [0.5, 0.6) is 0 Å². The number of halogens is 3. The largest absolute Gasteiger partial charge is 0.352 e. The maximum absolute atomic E-state index is 6.22. The fourth-order valence-electron chi connectivity index (χ4n) is 2.83. The van der Waals surface area contributed by atoms with Gasteiger partial charge in [0.25, 0.3) is 0 Å². The Bertz CT molecular complexity index is 758. The SMILES string of the molecule is CCc1nn(C)c(CC)c1CNC(=NC)NCc1ccc(Cl)cc1Cl.I. The number of nitrogens with zero attached hydrogens (tertiary/aromatic N) is 3. The van der Waals surface area contributed by atoms with Gasteiger partial charge in [0.05, 0.1) is 5.69 Å². The number of aromatic nitrogens is 2. The zero-order valence-electron chi connectivity index (χ0n) is 15.6. The molecule has 0 atom stereocenters. The van der Waals surface area contributed by atoms with Gasteiger partial charge in [-0.25, -0.2) is 0 Å². The normalized spacial score (nSPS) is 11.2. The lowest BCUT2D eigenvalue weighted by atomic mass is 10.1. The lowest BCUT2D eigenvalue weighted by molar-refractivity contribution is 0.702. The molecule has 0 aliphatic rings. The molecular formula is C18H26Cl2IN5. The Hall–Kier alpha value is -0.990. The summed E-state index contributed by atoms with van der Waals surface area (Å²) in [6.45, 7) is 5.54. The number of nitrogens with one attached hydrogen (secondary N) is 2. The second-order valence-corrected chi connectivity index (χ2v) is 6.56. The van der Waals surface area contributed by atoms with Crippen LogP contribution in [-0.2, 0) is 33.0 Å². The number of rotatable bonds is 6. The summed E-state index contributed by atoms with van der Waals surface area (Å²) >= 11 is 12.2. The van der Waals surface area contributed by atoms with Crippen LogP contribution in [0.3, 0.4) is 0 Å². The molecule has 144 valence electrons. The molecule has 0 saturated heterocycles. The monoisotopic (exact) mass is 509 g/mol. The summed E-state index contributed by atoms with van der Waals surface area (Å²) < 4.78 is 1.97. The van der Waals surface area contributed by atoms with Gasteiger partial charge < -0.3 is 10.6 Å². The van der Waals surface area contributed by atoms with Crippen LogP contribution < -0.4 is 10.6 Å². The number of hydrogen-bond acceptors (Lipinski definition) is 2. The van der Waals surface area contributed by atoms with Crippen molar-refractivity contribution in [2.75, 3.05) is 7.05 Å². The van der Waals surface area contributed by atoms with Gasteiger partial charge in [-0.1, -0.05) is 43.1 Å². The van der Waals surface area contributed by atoms with Crippen molar-refractivity contribution >= 4 is 53.1 Å². The van der Waals surface area contributed by atoms with E-state index in [0.717, 1.165) is 30.1 Å². The van der Waals surface area contributed by atoms with Gasteiger partial charge in [0.15, 0.2) is 5.96 Å². The fraction of sp³-hybridized carbons (Fsp3) is 0.444. The van der Waals surface area contributed by atoms with E-state index in [1.807, 2.05) is 23.9 Å². The van der Waals surface area contributed by atoms with E-state index >= 15 is 0 Å². The van der Waals surface area contributed by atoms with Crippen LogP contribution in [0.1, 0.15) is 36.4 Å². The summed E-state index contributed by atoms with van der Waals surface area (Å²) in [7, 11) is 3.75. The highest BCUT2D eigenvalue weighted by atomic mass is 127. The fourth-order valence-corrected chi connectivity index (χ4v) is 3.31. The lowest BCUT2D eigenvalue weighted by Gasteiger charge is -2.13. The van der Waals surface area contributed by atoms with Gasteiger partial charge in [-0.3, -0.25) is 9.67 Å². The highest BCUT2D eigenvalue weighted by Crippen LogP contribution is 2.20. The van der Waals surface area contributed by atoms with E-state index in [-0.39, 0.29) is 24.0 Å². The van der Waals surface area contributed by atoms with Gasteiger partial charge in [0, 0.05) is 48.5 Å². The van der Waals surface area contributed by atoms with Crippen molar-refractivity contribution in [1.29, 1.82) is 0 Å². The number of aliphatic imine (C=N–C) groups is 1. The molecular weight excluding hydrogens is 484 g/mol. The van der Waals surface area contributed by atoms with Crippen molar-refractivity contribution in [2.24, 2.45) is 12.0 Å². The zero-order chi connectivity index (χ0) is 18.4. The zero-order valence-corrected chi connectivity index (χ0v) is 19.4. The molecule has 0 unspecified atom stereocenters. The van der Waals surface area contributed by atoms with Crippen molar-refractivity contribution < 1.29 is 0 Å². The first-order valence-corrected chi connectivity index (χ1v) is 9.17. The third kappa shape index (κ3) is 5.76. The maximum Gasteiger partial charge on any atom is 0.191 e. The van der Waals surface area contributed by atoms with Gasteiger partial charge in [-0.05, 0) is 30.5 Å². The molecule has 1 heterocycles. The Labute approximate surface area is 182 Å². The molecule has 1 aromatic heterocycles. The number of benzene rings is 1. The third-order valence-corrected chi connectivity index (χ3v) is 4.73. The topological polar surface area (TPSA) is 54.2 Å². The molecule has 0 aliphatic heterocycles.